The number of aromatic hydroxyl groups is 1. The van der Waals surface area contributed by atoms with Gasteiger partial charge in [0.25, 0.3) is 0 Å². The van der Waals surface area contributed by atoms with Crippen LogP contribution >= 0.6 is 0 Å². The first-order valence-corrected chi connectivity index (χ1v) is 12.4. The molecule has 35 heavy (non-hydrogen) atoms. The second-order valence-corrected chi connectivity index (χ2v) is 9.64. The Hall–Kier alpha value is -3.95. The second kappa shape index (κ2) is 10.1. The number of carbonyl (C=O) groups is 1. The lowest BCUT2D eigenvalue weighted by atomic mass is 9.87. The van der Waals surface area contributed by atoms with Crippen LogP contribution in [0.25, 0.3) is 10.9 Å². The minimum atomic E-state index is -3.78. The highest BCUT2D eigenvalue weighted by Gasteiger charge is 2.23. The van der Waals surface area contributed by atoms with Gasteiger partial charge in [-0.3, -0.25) is 9.78 Å². The fraction of sp³-hybridized carbons (Fsp3) is 0.154. The molecule has 1 heterocycles. The lowest BCUT2D eigenvalue weighted by Gasteiger charge is -2.20. The first kappa shape index (κ1) is 24.2. The Bertz CT molecular complexity index is 1450. The number of sulfonamides is 1. The maximum absolute atomic E-state index is 12.9. The molecule has 4 N–H and O–H groups in total. The number of fused-ring (bicyclic) bond motifs is 1. The number of nitrogens with zero attached hydrogens (tertiary/aromatic N) is 1. The number of phenols is 1. The van der Waals surface area contributed by atoms with Crippen molar-refractivity contribution < 1.29 is 23.1 Å². The molecule has 1 atom stereocenters. The molecule has 8 nitrogen and oxygen atoms in total. The number of methoxy groups -OCH3 is 1. The predicted molar refractivity (Wildman–Crippen MR) is 133 cm³/mol. The number of nitrogens with two attached hydrogens (primary N) is 1. The van der Waals surface area contributed by atoms with E-state index in [2.05, 4.69) is 10.3 Å². The quantitative estimate of drug-likeness (QED) is 0.346. The third-order valence-corrected chi connectivity index (χ3v) is 6.73. The molecule has 4 aromatic rings. The molecule has 1 unspecified atom stereocenters. The van der Waals surface area contributed by atoms with E-state index in [1.54, 1.807) is 31.5 Å². The number of benzene rings is 3. The maximum atomic E-state index is 12.9. The van der Waals surface area contributed by atoms with Crippen LogP contribution in [0.3, 0.4) is 0 Å². The fourth-order valence-corrected chi connectivity index (χ4v) is 4.44. The summed E-state index contributed by atoms with van der Waals surface area (Å²) in [5, 5.41) is 19.8. The zero-order valence-corrected chi connectivity index (χ0v) is 19.8. The van der Waals surface area contributed by atoms with Gasteiger partial charge in [0.15, 0.2) is 0 Å². The predicted octanol–water partition coefficient (Wildman–Crippen LogP) is 3.43. The molecule has 0 saturated carbocycles. The summed E-state index contributed by atoms with van der Waals surface area (Å²) in [6.45, 7) is 0.213. The number of rotatable bonds is 8. The van der Waals surface area contributed by atoms with Gasteiger partial charge in [0, 0.05) is 36.0 Å². The van der Waals surface area contributed by atoms with Crippen molar-refractivity contribution >= 4 is 26.8 Å². The van der Waals surface area contributed by atoms with E-state index >= 15 is 0 Å². The van der Waals surface area contributed by atoms with Crippen molar-refractivity contribution in [2.45, 2.75) is 23.8 Å². The summed E-state index contributed by atoms with van der Waals surface area (Å²) in [7, 11) is -2.20. The molecule has 0 saturated heterocycles. The number of carbonyl (C=O) groups excluding carboxylic acids is 1. The van der Waals surface area contributed by atoms with Crippen molar-refractivity contribution in [2.24, 2.45) is 5.14 Å². The van der Waals surface area contributed by atoms with Crippen LogP contribution in [0.1, 0.15) is 29.0 Å². The number of ether oxygens (including phenoxy) is 1. The number of amides is 1. The average Bonchev–Trinajstić information content (AvgIpc) is 2.86. The molecule has 4 rings (SSSR count). The van der Waals surface area contributed by atoms with Crippen LogP contribution in [0.15, 0.2) is 83.9 Å². The number of hydrogen-bond donors (Lipinski definition) is 3. The van der Waals surface area contributed by atoms with Crippen LogP contribution in [0.2, 0.25) is 0 Å². The molecule has 180 valence electrons. The first-order valence-electron chi connectivity index (χ1n) is 10.9. The fourth-order valence-electron chi connectivity index (χ4n) is 3.93. The number of nitrogens with one attached hydrogen (secondary N) is 1. The number of primary sulfonamides is 1. The van der Waals surface area contributed by atoms with E-state index in [-0.39, 0.29) is 29.5 Å². The van der Waals surface area contributed by atoms with Gasteiger partial charge in [-0.1, -0.05) is 42.5 Å². The van der Waals surface area contributed by atoms with Crippen LogP contribution in [-0.2, 0) is 21.4 Å². The average molecular weight is 492 g/mol. The van der Waals surface area contributed by atoms with E-state index in [1.807, 2.05) is 42.5 Å². The molecule has 1 amide bonds. The Morgan fingerprint density at radius 2 is 1.77 bits per heavy atom. The molecular formula is C26H25N3O5S. The van der Waals surface area contributed by atoms with Gasteiger partial charge >= 0.3 is 0 Å². The summed E-state index contributed by atoms with van der Waals surface area (Å²) >= 11 is 0. The van der Waals surface area contributed by atoms with E-state index in [0.29, 0.717) is 16.8 Å². The van der Waals surface area contributed by atoms with Gasteiger partial charge in [0.2, 0.25) is 15.9 Å². The highest BCUT2D eigenvalue weighted by Crippen LogP contribution is 2.38. The van der Waals surface area contributed by atoms with E-state index < -0.39 is 15.9 Å². The van der Waals surface area contributed by atoms with Gasteiger partial charge < -0.3 is 15.2 Å². The smallest absolute Gasteiger partial charge is 0.238 e. The topological polar surface area (TPSA) is 132 Å². The normalized spacial score (nSPS) is 12.3. The molecule has 0 spiro atoms. The molecule has 0 aliphatic carbocycles. The van der Waals surface area contributed by atoms with Gasteiger partial charge in [-0.2, -0.15) is 0 Å². The Balaban J connectivity index is 1.58. The van der Waals surface area contributed by atoms with E-state index in [0.717, 1.165) is 16.5 Å². The number of phenolic OH excluding ortho intramolecular Hbond substituents is 1. The minimum Gasteiger partial charge on any atom is -0.505 e. The molecule has 0 aliphatic heterocycles. The Labute approximate surface area is 203 Å². The summed E-state index contributed by atoms with van der Waals surface area (Å²) < 4.78 is 28.1. The zero-order valence-electron chi connectivity index (χ0n) is 19.0. The van der Waals surface area contributed by atoms with Crippen molar-refractivity contribution in [3.8, 4) is 11.5 Å². The molecule has 0 bridgehead atoms. The molecular weight excluding hydrogens is 466 g/mol. The van der Waals surface area contributed by atoms with Crippen molar-refractivity contribution in [3.63, 3.8) is 0 Å². The highest BCUT2D eigenvalue weighted by molar-refractivity contribution is 7.89. The standard InChI is InChI=1S/C26H25N3O5S/c1-34-20-9-6-18(7-10-20)23(22-13-8-19-3-2-14-28-25(19)26(22)31)15-24(30)29-16-17-4-11-21(12-5-17)35(27,32)33/h2-14,23,31H,15-16H2,1H3,(H,29,30)(H2,27,32,33). The maximum Gasteiger partial charge on any atom is 0.238 e. The van der Waals surface area contributed by atoms with Gasteiger partial charge in [-0.25, -0.2) is 13.6 Å². The second-order valence-electron chi connectivity index (χ2n) is 8.07. The van der Waals surface area contributed by atoms with Crippen molar-refractivity contribution in [3.05, 3.63) is 95.7 Å². The summed E-state index contributed by atoms with van der Waals surface area (Å²) in [4.78, 5) is 17.3. The number of aromatic nitrogens is 1. The van der Waals surface area contributed by atoms with Crippen molar-refractivity contribution in [2.75, 3.05) is 7.11 Å². The van der Waals surface area contributed by atoms with Crippen LogP contribution < -0.4 is 15.2 Å². The van der Waals surface area contributed by atoms with Gasteiger partial charge in [-0.15, -0.1) is 0 Å². The first-order chi connectivity index (χ1) is 16.8. The third-order valence-electron chi connectivity index (χ3n) is 5.80. The molecule has 0 aliphatic rings. The summed E-state index contributed by atoms with van der Waals surface area (Å²) in [5.74, 6) is 0.0542. The largest absolute Gasteiger partial charge is 0.505 e. The molecule has 3 aromatic carbocycles. The van der Waals surface area contributed by atoms with Crippen molar-refractivity contribution in [1.82, 2.24) is 10.3 Å². The van der Waals surface area contributed by atoms with Crippen LogP contribution in [-0.4, -0.2) is 31.5 Å². The Kier molecular flexibility index (Phi) is 6.99. The summed E-state index contributed by atoms with van der Waals surface area (Å²) in [6.07, 6.45) is 1.69. The zero-order chi connectivity index (χ0) is 25.0. The monoisotopic (exact) mass is 491 g/mol. The Morgan fingerprint density at radius 3 is 2.43 bits per heavy atom. The lowest BCUT2D eigenvalue weighted by Crippen LogP contribution is -2.25. The molecule has 0 radical (unpaired) electrons. The number of hydrogen-bond acceptors (Lipinski definition) is 6. The number of pyridine rings is 1. The Morgan fingerprint density at radius 1 is 1.06 bits per heavy atom. The molecule has 9 heteroatoms. The van der Waals surface area contributed by atoms with E-state index in [1.165, 1.54) is 12.1 Å². The molecule has 0 fully saturated rings. The SMILES string of the molecule is COc1ccc(C(CC(=O)NCc2ccc(S(N)(=O)=O)cc2)c2ccc3cccnc3c2O)cc1. The van der Waals surface area contributed by atoms with E-state index in [4.69, 9.17) is 9.88 Å². The highest BCUT2D eigenvalue weighted by atomic mass is 32.2. The third kappa shape index (κ3) is 5.59. The summed E-state index contributed by atoms with van der Waals surface area (Å²) in [5.41, 5.74) is 2.63. The van der Waals surface area contributed by atoms with Crippen LogP contribution in [0.5, 0.6) is 11.5 Å². The van der Waals surface area contributed by atoms with E-state index in [9.17, 15) is 18.3 Å². The van der Waals surface area contributed by atoms with Crippen LogP contribution in [0.4, 0.5) is 0 Å². The summed E-state index contributed by atoms with van der Waals surface area (Å²) in [6, 6.07) is 20.7. The van der Waals surface area contributed by atoms with Crippen LogP contribution in [0, 0.1) is 0 Å². The van der Waals surface area contributed by atoms with Gasteiger partial charge in [0.05, 0.1) is 12.0 Å². The lowest BCUT2D eigenvalue weighted by molar-refractivity contribution is -0.121. The van der Waals surface area contributed by atoms with Gasteiger partial charge in [0.1, 0.15) is 17.0 Å². The molecule has 1 aromatic heterocycles. The minimum absolute atomic E-state index is 0.00698. The van der Waals surface area contributed by atoms with Crippen molar-refractivity contribution in [1.29, 1.82) is 0 Å². The van der Waals surface area contributed by atoms with Gasteiger partial charge in [-0.05, 0) is 41.5 Å².